The third-order valence-corrected chi connectivity index (χ3v) is 14.0. The summed E-state index contributed by atoms with van der Waals surface area (Å²) in [7, 11) is 1.42. The molecule has 0 radical (unpaired) electrons. The number of phenolic OH excluding ortho intramolecular Hbond substituents is 2. The monoisotopic (exact) mass is 840 g/mol. The molecule has 4 atom stereocenters. The lowest BCUT2D eigenvalue weighted by atomic mass is 9.66. The third kappa shape index (κ3) is 8.72. The summed E-state index contributed by atoms with van der Waals surface area (Å²) in [5.41, 5.74) is 5.06. The van der Waals surface area contributed by atoms with Gasteiger partial charge >= 0.3 is 5.97 Å². The summed E-state index contributed by atoms with van der Waals surface area (Å²) in [4.78, 5) is 45.5. The molecule has 1 saturated carbocycles. The molecule has 2 spiro atoms. The first-order valence-corrected chi connectivity index (χ1v) is 22.2. The lowest BCUT2D eigenvalue weighted by molar-refractivity contribution is -0.148. The Morgan fingerprint density at radius 3 is 2.52 bits per heavy atom. The fourth-order valence-electron chi connectivity index (χ4n) is 10.6. The molecule has 4 heterocycles. The van der Waals surface area contributed by atoms with E-state index < -0.39 is 18.1 Å². The van der Waals surface area contributed by atoms with Gasteiger partial charge in [0.25, 0.3) is 0 Å². The van der Waals surface area contributed by atoms with Gasteiger partial charge in [-0.3, -0.25) is 14.4 Å². The minimum absolute atomic E-state index is 0.00927. The van der Waals surface area contributed by atoms with Crippen LogP contribution in [0.5, 0.6) is 17.2 Å². The smallest absolute Gasteiger partial charge is 0.302 e. The molecule has 4 bridgehead atoms. The van der Waals surface area contributed by atoms with E-state index >= 15 is 0 Å². The molecule has 8 rings (SSSR count). The van der Waals surface area contributed by atoms with Crippen molar-refractivity contribution in [2.75, 3.05) is 25.1 Å². The van der Waals surface area contributed by atoms with E-state index in [-0.39, 0.29) is 58.4 Å². The number of hydrogen-bond donors (Lipinski definition) is 4. The molecular weight excluding hydrogens is 781 g/mol. The van der Waals surface area contributed by atoms with Crippen molar-refractivity contribution < 1.29 is 34.1 Å². The maximum Gasteiger partial charge on any atom is 0.302 e. The first kappa shape index (κ1) is 42.7. The average molecular weight is 841 g/mol. The number of aromatic hydroxyl groups is 2. The number of ketones is 2. The van der Waals surface area contributed by atoms with Crippen LogP contribution in [0.3, 0.4) is 0 Å². The third-order valence-electron chi connectivity index (χ3n) is 14.0. The first-order valence-electron chi connectivity index (χ1n) is 22.2. The highest BCUT2D eigenvalue weighted by Gasteiger charge is 2.41. The van der Waals surface area contributed by atoms with Crippen LogP contribution in [-0.2, 0) is 32.0 Å². The van der Waals surface area contributed by atoms with Gasteiger partial charge in [-0.2, -0.15) is 0 Å². The van der Waals surface area contributed by atoms with Crippen LogP contribution < -0.4 is 15.0 Å². The Morgan fingerprint density at radius 1 is 0.984 bits per heavy atom. The number of aromatic nitrogens is 2. The number of nitrogens with one attached hydrogen (secondary N) is 2. The van der Waals surface area contributed by atoms with Crippen molar-refractivity contribution in [2.24, 2.45) is 16.7 Å². The zero-order valence-electron chi connectivity index (χ0n) is 36.4. The molecule has 1 fully saturated rings. The molecule has 0 unspecified atom stereocenters. The van der Waals surface area contributed by atoms with Crippen molar-refractivity contribution in [3.8, 4) is 17.2 Å². The quantitative estimate of drug-likeness (QED) is 0.110. The van der Waals surface area contributed by atoms with E-state index in [4.69, 9.17) is 9.47 Å². The number of carbonyl (C=O) groups is 3. The number of dihydropyridines is 1. The molecule has 62 heavy (non-hydrogen) atoms. The molecule has 11 heteroatoms. The van der Waals surface area contributed by atoms with E-state index in [9.17, 15) is 24.6 Å². The number of phenols is 2. The van der Waals surface area contributed by atoms with E-state index in [0.717, 1.165) is 60.8 Å². The van der Waals surface area contributed by atoms with Gasteiger partial charge in [-0.1, -0.05) is 62.3 Å². The number of methoxy groups -OCH3 is 1. The number of hydrogen-bond acceptors (Lipinski definition) is 9. The summed E-state index contributed by atoms with van der Waals surface area (Å²) >= 11 is 0. The number of nitrogens with zero attached hydrogens (tertiary/aromatic N) is 2. The normalized spacial score (nSPS) is 24.0. The van der Waals surface area contributed by atoms with Crippen molar-refractivity contribution in [3.63, 3.8) is 0 Å². The Labute approximate surface area is 364 Å². The number of carbonyl (C=O) groups excluding carboxylic acids is 3. The molecule has 0 saturated heterocycles. The van der Waals surface area contributed by atoms with Crippen molar-refractivity contribution in [1.82, 2.24) is 14.9 Å². The van der Waals surface area contributed by atoms with Crippen molar-refractivity contribution in [1.29, 1.82) is 0 Å². The summed E-state index contributed by atoms with van der Waals surface area (Å²) in [5.74, 6) is 0.0138. The van der Waals surface area contributed by atoms with Crippen LogP contribution in [0.1, 0.15) is 101 Å². The van der Waals surface area contributed by atoms with Crippen LogP contribution in [0, 0.1) is 16.7 Å². The minimum Gasteiger partial charge on any atom is -0.504 e. The number of benzene rings is 2. The second kappa shape index (κ2) is 17.8. The van der Waals surface area contributed by atoms with Gasteiger partial charge < -0.3 is 39.5 Å². The van der Waals surface area contributed by atoms with E-state index in [1.807, 2.05) is 29.1 Å². The van der Waals surface area contributed by atoms with E-state index in [0.29, 0.717) is 37.9 Å². The van der Waals surface area contributed by atoms with Gasteiger partial charge in [-0.15, -0.1) is 0 Å². The summed E-state index contributed by atoms with van der Waals surface area (Å²) in [6, 6.07) is 8.61. The van der Waals surface area contributed by atoms with Crippen molar-refractivity contribution in [3.05, 3.63) is 120 Å². The number of anilines is 1. The zero-order chi connectivity index (χ0) is 43.6. The predicted octanol–water partition coefficient (Wildman–Crippen LogP) is 9.30. The molecule has 11 nitrogen and oxygen atoms in total. The molecule has 2 aliphatic carbocycles. The Hall–Kier alpha value is -5.97. The Balaban J connectivity index is 1.29. The lowest BCUT2D eigenvalue weighted by Gasteiger charge is -2.39. The maximum atomic E-state index is 14.5. The number of fused-ring (bicyclic) bond motifs is 4. The van der Waals surface area contributed by atoms with Gasteiger partial charge in [0, 0.05) is 74.8 Å². The second-order valence-electron chi connectivity index (χ2n) is 18.1. The highest BCUT2D eigenvalue weighted by Crippen LogP contribution is 2.50. The number of ether oxygens (including phenoxy) is 2. The largest absolute Gasteiger partial charge is 0.504 e. The van der Waals surface area contributed by atoms with Crippen LogP contribution in [-0.4, -0.2) is 63.6 Å². The van der Waals surface area contributed by atoms with Gasteiger partial charge in [0.2, 0.25) is 5.75 Å². The van der Waals surface area contributed by atoms with Gasteiger partial charge in [0.15, 0.2) is 11.5 Å². The molecule has 2 aromatic carbocycles. The molecule has 0 amide bonds. The van der Waals surface area contributed by atoms with Crippen molar-refractivity contribution in [2.45, 2.75) is 104 Å². The SMILES string of the molecule is COc1cc([C@@H]2CC(=O)C[C@H](OC(C)=O)CC[C@@]3(C=CC=C[C@H]3C)Cc3c[nH]cc3CC3(CCCC3)C3=CCNC(=C3)N(CCC(C)=O)c3cccc4cn2cc34)cc(O)c1O. The zero-order valence-corrected chi connectivity index (χ0v) is 36.4. The summed E-state index contributed by atoms with van der Waals surface area (Å²) in [6.45, 7) is 6.39. The number of H-pyrrole nitrogens is 1. The first-order chi connectivity index (χ1) is 29.9. The van der Waals surface area contributed by atoms with Crippen LogP contribution >= 0.6 is 0 Å². The summed E-state index contributed by atoms with van der Waals surface area (Å²) in [5, 5.41) is 27.1. The van der Waals surface area contributed by atoms with Gasteiger partial charge in [-0.25, -0.2) is 0 Å². The molecule has 326 valence electrons. The lowest BCUT2D eigenvalue weighted by Crippen LogP contribution is -2.37. The van der Waals surface area contributed by atoms with Gasteiger partial charge in [-0.05, 0) is 109 Å². The van der Waals surface area contributed by atoms with Crippen LogP contribution in [0.4, 0.5) is 5.69 Å². The highest BCUT2D eigenvalue weighted by molar-refractivity contribution is 5.95. The number of esters is 1. The standard InChI is InChI=1S/C51H60N4O7/c1-33-10-5-6-16-50(33)19-13-42(62-35(3)57)25-41(58)26-45(37-22-46(59)49(60)47(23-37)61-4)54-31-36-11-9-12-44(43(36)32-54)55(21-15-34(2)56)48-24-40(14-20-53-48)51(17-7-8-18-51)28-39-30-52-29-38(39)27-50/h5-6,9-12,14,16,22-24,29-33,42,45,52-53,59-60H,7-8,13,15,17-21,25-28H2,1-4H3/t33-,42-,45+,50+/m1/s1. The molecule has 4 N–H and O–H groups in total. The Morgan fingerprint density at radius 2 is 1.77 bits per heavy atom. The summed E-state index contributed by atoms with van der Waals surface area (Å²) < 4.78 is 13.4. The summed E-state index contributed by atoms with van der Waals surface area (Å²) in [6.07, 6.45) is 28.9. The number of allylic oxidation sites excluding steroid dienone is 6. The second-order valence-corrected chi connectivity index (χ2v) is 18.1. The fourth-order valence-corrected chi connectivity index (χ4v) is 10.6. The molecular formula is C51H60N4O7. The van der Waals surface area contributed by atoms with E-state index in [1.54, 1.807) is 13.0 Å². The molecule has 4 aromatic rings. The number of Topliss-reactive ketones (excluding diaryl/α,β-unsaturated/α-hetero) is 2. The van der Waals surface area contributed by atoms with Crippen molar-refractivity contribution >= 4 is 34.0 Å². The van der Waals surface area contributed by atoms with Gasteiger partial charge in [0.1, 0.15) is 23.5 Å². The molecule has 4 aliphatic rings. The van der Waals surface area contributed by atoms with Crippen LogP contribution in [0.15, 0.2) is 103 Å². The number of rotatable bonds is 6. The molecule has 2 aliphatic heterocycles. The van der Waals surface area contributed by atoms with Gasteiger partial charge in [0.05, 0.1) is 18.8 Å². The Kier molecular flexibility index (Phi) is 12.3. The van der Waals surface area contributed by atoms with E-state index in [1.165, 1.54) is 36.8 Å². The topological polar surface area (TPSA) is 146 Å². The fraction of sp³-hybridized carbons (Fsp3) is 0.431. The molecule has 2 aromatic heterocycles. The minimum atomic E-state index is -0.648. The van der Waals surface area contributed by atoms with Crippen LogP contribution in [0.25, 0.3) is 10.8 Å². The van der Waals surface area contributed by atoms with Crippen LogP contribution in [0.2, 0.25) is 0 Å². The Bertz CT molecular complexity index is 2460. The predicted molar refractivity (Wildman–Crippen MR) is 241 cm³/mol. The average Bonchev–Trinajstić information content (AvgIpc) is 4.02. The maximum absolute atomic E-state index is 14.5. The highest BCUT2D eigenvalue weighted by atomic mass is 16.5. The van der Waals surface area contributed by atoms with E-state index in [2.05, 4.69) is 77.0 Å². The number of aromatic amines is 1.